The highest BCUT2D eigenvalue weighted by atomic mass is 35.5. The third-order valence-corrected chi connectivity index (χ3v) is 5.49. The van der Waals surface area contributed by atoms with Gasteiger partial charge in [0, 0.05) is 5.69 Å². The molecule has 0 unspecified atom stereocenters. The van der Waals surface area contributed by atoms with Crippen LogP contribution in [0.3, 0.4) is 0 Å². The fraction of sp³-hybridized carbons (Fsp3) is 0.214. The highest BCUT2D eigenvalue weighted by Crippen LogP contribution is 2.37. The lowest BCUT2D eigenvalue weighted by molar-refractivity contribution is -0.112. The average Bonchev–Trinajstić information content (AvgIpc) is 2.81. The van der Waals surface area contributed by atoms with Crippen LogP contribution in [0.2, 0.25) is 5.02 Å². The van der Waals surface area contributed by atoms with Crippen molar-refractivity contribution in [3.05, 3.63) is 93.0 Å². The molecule has 0 aliphatic carbocycles. The first-order valence-electron chi connectivity index (χ1n) is 10.9. The van der Waals surface area contributed by atoms with Gasteiger partial charge in [-0.25, -0.2) is 0 Å². The smallest absolute Gasteiger partial charge is 0.266 e. The van der Waals surface area contributed by atoms with Gasteiger partial charge in [-0.2, -0.15) is 5.26 Å². The molecule has 34 heavy (non-hydrogen) atoms. The molecule has 0 fully saturated rings. The van der Waals surface area contributed by atoms with Gasteiger partial charge in [-0.15, -0.1) is 0 Å². The van der Waals surface area contributed by atoms with Crippen molar-refractivity contribution in [2.75, 3.05) is 12.4 Å². The zero-order valence-electron chi connectivity index (χ0n) is 19.7. The van der Waals surface area contributed by atoms with E-state index in [-0.39, 0.29) is 5.57 Å². The SMILES string of the molecule is CCc1ccc(NC(=O)/C(C#N)=C/c2cc(Cl)c(OCc3cc(C)cc(C)c3)c(OC)c2)cc1. The molecule has 174 valence electrons. The predicted octanol–water partition coefficient (Wildman–Crippen LogP) is 6.65. The fourth-order valence-electron chi connectivity index (χ4n) is 3.61. The van der Waals surface area contributed by atoms with Crippen LogP contribution in [0.5, 0.6) is 11.5 Å². The van der Waals surface area contributed by atoms with E-state index in [0.717, 1.165) is 28.7 Å². The van der Waals surface area contributed by atoms with Crippen molar-refractivity contribution in [2.45, 2.75) is 33.8 Å². The zero-order valence-corrected chi connectivity index (χ0v) is 20.5. The maximum absolute atomic E-state index is 12.6. The van der Waals surface area contributed by atoms with Crippen LogP contribution in [0.15, 0.2) is 60.2 Å². The molecule has 0 aromatic heterocycles. The summed E-state index contributed by atoms with van der Waals surface area (Å²) in [7, 11) is 1.51. The van der Waals surface area contributed by atoms with Gasteiger partial charge in [0.15, 0.2) is 11.5 Å². The van der Waals surface area contributed by atoms with Crippen LogP contribution >= 0.6 is 11.6 Å². The van der Waals surface area contributed by atoms with Crippen LogP contribution in [0.4, 0.5) is 5.69 Å². The number of hydrogen-bond acceptors (Lipinski definition) is 4. The number of nitrogens with one attached hydrogen (secondary N) is 1. The molecule has 0 heterocycles. The van der Waals surface area contributed by atoms with E-state index in [1.807, 2.05) is 44.2 Å². The van der Waals surface area contributed by atoms with E-state index in [2.05, 4.69) is 30.4 Å². The third kappa shape index (κ3) is 6.40. The number of carbonyl (C=O) groups excluding carboxylic acids is 1. The predicted molar refractivity (Wildman–Crippen MR) is 136 cm³/mol. The summed E-state index contributed by atoms with van der Waals surface area (Å²) in [5.41, 5.74) is 5.61. The number of aryl methyl sites for hydroxylation is 3. The number of hydrogen-bond donors (Lipinski definition) is 1. The second-order valence-corrected chi connectivity index (χ2v) is 8.40. The van der Waals surface area contributed by atoms with Crippen molar-refractivity contribution in [3.63, 3.8) is 0 Å². The van der Waals surface area contributed by atoms with Gasteiger partial charge in [-0.3, -0.25) is 4.79 Å². The Morgan fingerprint density at radius 1 is 1.06 bits per heavy atom. The van der Waals surface area contributed by atoms with E-state index < -0.39 is 5.91 Å². The van der Waals surface area contributed by atoms with Crippen molar-refractivity contribution in [3.8, 4) is 17.6 Å². The summed E-state index contributed by atoms with van der Waals surface area (Å²) in [6.45, 7) is 6.46. The molecule has 5 nitrogen and oxygen atoms in total. The van der Waals surface area contributed by atoms with Crippen LogP contribution in [-0.2, 0) is 17.8 Å². The maximum atomic E-state index is 12.6. The molecule has 1 N–H and O–H groups in total. The standard InChI is InChI=1S/C28H27ClN2O3/c1-5-20-6-8-24(9-7-20)31-28(32)23(16-30)13-21-14-25(29)27(26(15-21)33-4)34-17-22-11-18(2)10-19(3)12-22/h6-15H,5,17H2,1-4H3,(H,31,32)/b23-13+. The third-order valence-electron chi connectivity index (χ3n) is 5.21. The minimum absolute atomic E-state index is 0.0541. The number of carbonyl (C=O) groups is 1. The molecular weight excluding hydrogens is 448 g/mol. The van der Waals surface area contributed by atoms with Gasteiger partial charge in [0.05, 0.1) is 12.1 Å². The van der Waals surface area contributed by atoms with Crippen LogP contribution < -0.4 is 14.8 Å². The van der Waals surface area contributed by atoms with E-state index in [1.54, 1.807) is 12.1 Å². The molecule has 3 rings (SSSR count). The number of nitriles is 1. The number of anilines is 1. The number of amides is 1. The summed E-state index contributed by atoms with van der Waals surface area (Å²) in [6.07, 6.45) is 2.38. The van der Waals surface area contributed by atoms with Gasteiger partial charge >= 0.3 is 0 Å². The molecule has 0 atom stereocenters. The van der Waals surface area contributed by atoms with E-state index in [0.29, 0.717) is 34.4 Å². The van der Waals surface area contributed by atoms with Crippen molar-refractivity contribution in [2.24, 2.45) is 0 Å². The summed E-state index contributed by atoms with van der Waals surface area (Å²) in [4.78, 5) is 12.6. The quantitative estimate of drug-likeness (QED) is 0.293. The zero-order chi connectivity index (χ0) is 24.7. The molecule has 0 saturated heterocycles. The number of nitrogens with zero attached hydrogens (tertiary/aromatic N) is 1. The summed E-state index contributed by atoms with van der Waals surface area (Å²) >= 11 is 6.49. The molecule has 0 radical (unpaired) electrons. The fourth-order valence-corrected chi connectivity index (χ4v) is 3.88. The Kier molecular flexibility index (Phi) is 8.34. The second kappa shape index (κ2) is 11.4. The maximum Gasteiger partial charge on any atom is 0.266 e. The number of rotatable bonds is 8. The van der Waals surface area contributed by atoms with E-state index in [4.69, 9.17) is 21.1 Å². The highest BCUT2D eigenvalue weighted by molar-refractivity contribution is 6.32. The van der Waals surface area contributed by atoms with Gasteiger partial charge in [0.1, 0.15) is 18.2 Å². The minimum atomic E-state index is -0.503. The van der Waals surface area contributed by atoms with Crippen LogP contribution in [0.25, 0.3) is 6.08 Å². The van der Waals surface area contributed by atoms with Gasteiger partial charge in [-0.1, -0.05) is 60.0 Å². The van der Waals surface area contributed by atoms with Gasteiger partial charge in [0.2, 0.25) is 0 Å². The van der Waals surface area contributed by atoms with Gasteiger partial charge < -0.3 is 14.8 Å². The first-order chi connectivity index (χ1) is 16.3. The van der Waals surface area contributed by atoms with Crippen molar-refractivity contribution in [1.29, 1.82) is 5.26 Å². The van der Waals surface area contributed by atoms with E-state index >= 15 is 0 Å². The molecule has 6 heteroatoms. The minimum Gasteiger partial charge on any atom is -0.493 e. The monoisotopic (exact) mass is 474 g/mol. The molecular formula is C28H27ClN2O3. The molecule has 0 saturated carbocycles. The Morgan fingerprint density at radius 2 is 1.74 bits per heavy atom. The average molecular weight is 475 g/mol. The van der Waals surface area contributed by atoms with E-state index in [9.17, 15) is 10.1 Å². The number of methoxy groups -OCH3 is 1. The van der Waals surface area contributed by atoms with Crippen molar-refractivity contribution >= 4 is 29.3 Å². The molecule has 0 spiro atoms. The highest BCUT2D eigenvalue weighted by Gasteiger charge is 2.15. The number of ether oxygens (including phenoxy) is 2. The molecule has 3 aromatic rings. The van der Waals surface area contributed by atoms with E-state index in [1.165, 1.54) is 13.2 Å². The normalized spacial score (nSPS) is 11.0. The van der Waals surface area contributed by atoms with Crippen LogP contribution in [0.1, 0.15) is 34.7 Å². The topological polar surface area (TPSA) is 71.4 Å². The molecule has 3 aromatic carbocycles. The summed E-state index contributed by atoms with van der Waals surface area (Å²) in [5.74, 6) is 0.312. The summed E-state index contributed by atoms with van der Waals surface area (Å²) in [5, 5.41) is 12.6. The Balaban J connectivity index is 1.80. The summed E-state index contributed by atoms with van der Waals surface area (Å²) in [6, 6.07) is 19.0. The van der Waals surface area contributed by atoms with Crippen LogP contribution in [0, 0.1) is 25.2 Å². The van der Waals surface area contributed by atoms with Gasteiger partial charge in [-0.05, 0) is 67.3 Å². The Labute approximate surface area is 205 Å². The lowest BCUT2D eigenvalue weighted by atomic mass is 10.1. The van der Waals surface area contributed by atoms with Crippen molar-refractivity contribution in [1.82, 2.24) is 0 Å². The molecule has 1 amide bonds. The molecule has 0 aliphatic heterocycles. The second-order valence-electron chi connectivity index (χ2n) is 7.99. The number of halogens is 1. The van der Waals surface area contributed by atoms with Gasteiger partial charge in [0.25, 0.3) is 5.91 Å². The Bertz CT molecular complexity index is 1240. The first kappa shape index (κ1) is 24.9. The molecule has 0 aliphatic rings. The summed E-state index contributed by atoms with van der Waals surface area (Å²) < 4.78 is 11.4. The Morgan fingerprint density at radius 3 is 2.32 bits per heavy atom. The lowest BCUT2D eigenvalue weighted by Crippen LogP contribution is -2.13. The number of benzene rings is 3. The Hall–Kier alpha value is -3.75. The van der Waals surface area contributed by atoms with Crippen LogP contribution in [-0.4, -0.2) is 13.0 Å². The molecule has 0 bridgehead atoms. The van der Waals surface area contributed by atoms with Crippen molar-refractivity contribution < 1.29 is 14.3 Å². The lowest BCUT2D eigenvalue weighted by Gasteiger charge is -2.14. The first-order valence-corrected chi connectivity index (χ1v) is 11.3. The largest absolute Gasteiger partial charge is 0.493 e.